The van der Waals surface area contributed by atoms with E-state index in [9.17, 15) is 13.2 Å². The highest BCUT2D eigenvalue weighted by Gasteiger charge is 2.22. The number of nitrogens with zero attached hydrogens (tertiary/aromatic N) is 1. The highest BCUT2D eigenvalue weighted by molar-refractivity contribution is 7.89. The molecule has 8 heteroatoms. The number of nitrogens with one attached hydrogen (secondary N) is 1. The van der Waals surface area contributed by atoms with Crippen molar-refractivity contribution >= 4 is 32.5 Å². The van der Waals surface area contributed by atoms with E-state index in [0.29, 0.717) is 5.75 Å². The number of aryl methyl sites for hydroxylation is 1. The molecular weight excluding hydrogens is 366 g/mol. The molecule has 3 N–H and O–H groups in total. The Balaban J connectivity index is 1.95. The Morgan fingerprint density at radius 2 is 1.93 bits per heavy atom. The van der Waals surface area contributed by atoms with Crippen LogP contribution in [-0.2, 0) is 21.9 Å². The molecule has 27 heavy (non-hydrogen) atoms. The van der Waals surface area contributed by atoms with Crippen LogP contribution in [0.25, 0.3) is 10.9 Å². The van der Waals surface area contributed by atoms with E-state index in [1.54, 1.807) is 6.92 Å². The smallest absolute Gasteiger partial charge is 0.238 e. The standard InChI is InChI=1S/C19H21N3O4S/c1-12(15-11-22(2)17-7-5-4-6-14(15)17)19(23)21-16-10-13(27(20,24)25)8-9-18(16)26-3/h4-12H,1-3H3,(H,21,23)(H2,20,24,25). The molecule has 142 valence electrons. The molecule has 0 bridgehead atoms. The Morgan fingerprint density at radius 3 is 2.59 bits per heavy atom. The molecule has 7 nitrogen and oxygen atoms in total. The normalized spacial score (nSPS) is 12.7. The van der Waals surface area contributed by atoms with Gasteiger partial charge in [-0.25, -0.2) is 13.6 Å². The Labute approximate surface area is 157 Å². The molecule has 0 radical (unpaired) electrons. The number of primary sulfonamides is 1. The van der Waals surface area contributed by atoms with Crippen molar-refractivity contribution in [2.24, 2.45) is 12.2 Å². The first kappa shape index (κ1) is 18.9. The number of para-hydroxylation sites is 1. The van der Waals surface area contributed by atoms with Gasteiger partial charge in [0.2, 0.25) is 15.9 Å². The summed E-state index contributed by atoms with van der Waals surface area (Å²) in [5.41, 5.74) is 2.16. The summed E-state index contributed by atoms with van der Waals surface area (Å²) in [6, 6.07) is 11.9. The van der Waals surface area contributed by atoms with Gasteiger partial charge in [-0.05, 0) is 36.8 Å². The third kappa shape index (κ3) is 3.67. The maximum absolute atomic E-state index is 12.8. The van der Waals surface area contributed by atoms with E-state index in [-0.39, 0.29) is 16.5 Å². The van der Waals surface area contributed by atoms with Crippen LogP contribution in [0.1, 0.15) is 18.4 Å². The van der Waals surface area contributed by atoms with E-state index in [4.69, 9.17) is 9.88 Å². The first-order valence-corrected chi connectivity index (χ1v) is 9.82. The van der Waals surface area contributed by atoms with Crippen LogP contribution >= 0.6 is 0 Å². The molecule has 3 aromatic rings. The quantitative estimate of drug-likeness (QED) is 0.702. The number of ether oxygens (including phenoxy) is 1. The summed E-state index contributed by atoms with van der Waals surface area (Å²) < 4.78 is 30.4. The highest BCUT2D eigenvalue weighted by Crippen LogP contribution is 2.31. The Kier molecular flexibility index (Phi) is 4.95. The molecule has 1 atom stereocenters. The minimum Gasteiger partial charge on any atom is -0.495 e. The number of amides is 1. The number of carbonyl (C=O) groups excluding carboxylic acids is 1. The summed E-state index contributed by atoms with van der Waals surface area (Å²) in [5.74, 6) is -0.393. The van der Waals surface area contributed by atoms with Gasteiger partial charge in [-0.2, -0.15) is 0 Å². The molecule has 0 saturated heterocycles. The van der Waals surface area contributed by atoms with Crippen molar-refractivity contribution in [2.45, 2.75) is 17.7 Å². The van der Waals surface area contributed by atoms with E-state index < -0.39 is 15.9 Å². The molecule has 2 aromatic carbocycles. The van der Waals surface area contributed by atoms with Gasteiger partial charge >= 0.3 is 0 Å². The van der Waals surface area contributed by atoms with Gasteiger partial charge in [0.1, 0.15) is 5.75 Å². The Bertz CT molecular complexity index is 1120. The second-order valence-electron chi connectivity index (χ2n) is 6.33. The second-order valence-corrected chi connectivity index (χ2v) is 7.89. The van der Waals surface area contributed by atoms with Gasteiger partial charge in [-0.3, -0.25) is 4.79 Å². The lowest BCUT2D eigenvalue weighted by atomic mass is 9.99. The fourth-order valence-electron chi connectivity index (χ4n) is 3.06. The predicted octanol–water partition coefficient (Wildman–Crippen LogP) is 2.58. The monoisotopic (exact) mass is 387 g/mol. The number of benzene rings is 2. The summed E-state index contributed by atoms with van der Waals surface area (Å²) in [6.45, 7) is 1.80. The van der Waals surface area contributed by atoms with E-state index in [2.05, 4.69) is 5.32 Å². The van der Waals surface area contributed by atoms with Crippen LogP contribution in [0.2, 0.25) is 0 Å². The summed E-state index contributed by atoms with van der Waals surface area (Å²) in [5, 5.41) is 8.93. The van der Waals surface area contributed by atoms with Crippen molar-refractivity contribution in [3.63, 3.8) is 0 Å². The zero-order valence-electron chi connectivity index (χ0n) is 15.3. The minimum atomic E-state index is -3.89. The first-order valence-electron chi connectivity index (χ1n) is 8.28. The Hall–Kier alpha value is -2.84. The second kappa shape index (κ2) is 7.05. The molecule has 0 aliphatic carbocycles. The van der Waals surface area contributed by atoms with E-state index in [1.165, 1.54) is 25.3 Å². The number of nitrogens with two attached hydrogens (primary N) is 1. The van der Waals surface area contributed by atoms with Crippen LogP contribution in [0, 0.1) is 0 Å². The van der Waals surface area contributed by atoms with E-state index >= 15 is 0 Å². The maximum atomic E-state index is 12.8. The average Bonchev–Trinajstić information content (AvgIpc) is 2.97. The average molecular weight is 387 g/mol. The van der Waals surface area contributed by atoms with Crippen molar-refractivity contribution in [3.8, 4) is 5.75 Å². The zero-order chi connectivity index (χ0) is 19.8. The largest absolute Gasteiger partial charge is 0.495 e. The summed E-state index contributed by atoms with van der Waals surface area (Å²) >= 11 is 0. The SMILES string of the molecule is COc1ccc(S(N)(=O)=O)cc1NC(=O)C(C)c1cn(C)c2ccccc12. The van der Waals surface area contributed by atoms with Gasteiger partial charge in [0.25, 0.3) is 0 Å². The van der Waals surface area contributed by atoms with Crippen molar-refractivity contribution in [1.29, 1.82) is 0 Å². The highest BCUT2D eigenvalue weighted by atomic mass is 32.2. The van der Waals surface area contributed by atoms with Crippen molar-refractivity contribution in [3.05, 3.63) is 54.2 Å². The summed E-state index contributed by atoms with van der Waals surface area (Å²) in [4.78, 5) is 12.7. The number of fused-ring (bicyclic) bond motifs is 1. The van der Waals surface area contributed by atoms with Crippen LogP contribution in [-0.4, -0.2) is 26.0 Å². The number of carbonyl (C=O) groups is 1. The third-order valence-electron chi connectivity index (χ3n) is 4.54. The third-order valence-corrected chi connectivity index (χ3v) is 5.46. The molecule has 1 heterocycles. The molecule has 1 aromatic heterocycles. The Morgan fingerprint density at radius 1 is 1.22 bits per heavy atom. The fraction of sp³-hybridized carbons (Fsp3) is 0.211. The van der Waals surface area contributed by atoms with Crippen molar-refractivity contribution in [1.82, 2.24) is 4.57 Å². The van der Waals surface area contributed by atoms with E-state index in [1.807, 2.05) is 42.1 Å². The summed E-state index contributed by atoms with van der Waals surface area (Å²) in [6.07, 6.45) is 1.92. The lowest BCUT2D eigenvalue weighted by Crippen LogP contribution is -2.20. The molecule has 0 aliphatic heterocycles. The van der Waals surface area contributed by atoms with Gasteiger partial charge in [0, 0.05) is 24.1 Å². The number of methoxy groups -OCH3 is 1. The van der Waals surface area contributed by atoms with Gasteiger partial charge in [0.15, 0.2) is 0 Å². The van der Waals surface area contributed by atoms with Crippen LogP contribution in [0.15, 0.2) is 53.6 Å². The van der Waals surface area contributed by atoms with E-state index in [0.717, 1.165) is 16.5 Å². The number of aromatic nitrogens is 1. The number of hydrogen-bond donors (Lipinski definition) is 2. The topological polar surface area (TPSA) is 103 Å². The van der Waals surface area contributed by atoms with Crippen molar-refractivity contribution < 1.29 is 17.9 Å². The van der Waals surface area contributed by atoms with Crippen LogP contribution in [0.4, 0.5) is 5.69 Å². The molecule has 0 aliphatic rings. The van der Waals surface area contributed by atoms with Gasteiger partial charge in [-0.1, -0.05) is 18.2 Å². The van der Waals surface area contributed by atoms with Gasteiger partial charge in [-0.15, -0.1) is 0 Å². The van der Waals surface area contributed by atoms with Crippen molar-refractivity contribution in [2.75, 3.05) is 12.4 Å². The molecule has 0 saturated carbocycles. The predicted molar refractivity (Wildman–Crippen MR) is 104 cm³/mol. The van der Waals surface area contributed by atoms with Crippen LogP contribution < -0.4 is 15.2 Å². The zero-order valence-corrected chi connectivity index (χ0v) is 16.1. The molecule has 0 fully saturated rings. The van der Waals surface area contributed by atoms with Crippen LogP contribution in [0.3, 0.4) is 0 Å². The van der Waals surface area contributed by atoms with Crippen LogP contribution in [0.5, 0.6) is 5.75 Å². The fourth-order valence-corrected chi connectivity index (χ4v) is 3.60. The number of anilines is 1. The molecule has 0 spiro atoms. The number of sulfonamides is 1. The molecular formula is C19H21N3O4S. The lowest BCUT2D eigenvalue weighted by molar-refractivity contribution is -0.117. The van der Waals surface area contributed by atoms with Gasteiger partial charge < -0.3 is 14.6 Å². The number of rotatable bonds is 5. The minimum absolute atomic E-state index is 0.101. The molecule has 1 unspecified atom stereocenters. The van der Waals surface area contributed by atoms with Gasteiger partial charge in [0.05, 0.1) is 23.6 Å². The lowest BCUT2D eigenvalue weighted by Gasteiger charge is -2.15. The molecule has 1 amide bonds. The first-order chi connectivity index (χ1) is 12.7. The summed E-state index contributed by atoms with van der Waals surface area (Å²) in [7, 11) is -0.528. The number of hydrogen-bond acceptors (Lipinski definition) is 4. The molecule has 3 rings (SSSR count). The maximum Gasteiger partial charge on any atom is 0.238 e.